The van der Waals surface area contributed by atoms with Crippen LogP contribution in [0.15, 0.2) is 12.2 Å². The van der Waals surface area contributed by atoms with Gasteiger partial charge in [-0.2, -0.15) is 0 Å². The van der Waals surface area contributed by atoms with E-state index in [0.29, 0.717) is 6.42 Å². The zero-order valence-electron chi connectivity index (χ0n) is 9.21. The molecule has 0 atom stereocenters. The molecule has 0 aromatic heterocycles. The van der Waals surface area contributed by atoms with Crippen LogP contribution in [0, 0.1) is 0 Å². The Bertz CT molecular complexity index is 204. The van der Waals surface area contributed by atoms with Gasteiger partial charge >= 0.3 is 0 Å². The molecule has 0 bridgehead atoms. The predicted molar refractivity (Wildman–Crippen MR) is 58.2 cm³/mol. The lowest BCUT2D eigenvalue weighted by Gasteiger charge is -1.95. The van der Waals surface area contributed by atoms with Crippen molar-refractivity contribution in [3.05, 3.63) is 12.2 Å². The molecule has 0 amide bonds. The van der Waals surface area contributed by atoms with Crippen LogP contribution in [0.3, 0.4) is 0 Å². The Morgan fingerprint density at radius 3 is 2.36 bits per heavy atom. The van der Waals surface area contributed by atoms with Crippen LogP contribution in [-0.4, -0.2) is 11.6 Å². The van der Waals surface area contributed by atoms with Gasteiger partial charge < -0.3 is 0 Å². The van der Waals surface area contributed by atoms with Gasteiger partial charge in [-0.1, -0.05) is 39.2 Å². The van der Waals surface area contributed by atoms with Gasteiger partial charge in [-0.15, -0.1) is 0 Å². The lowest BCUT2D eigenvalue weighted by Crippen LogP contribution is -2.10. The maximum atomic E-state index is 11.2. The van der Waals surface area contributed by atoms with Crippen molar-refractivity contribution in [3.8, 4) is 0 Å². The number of carbonyl (C=O) groups excluding carboxylic acids is 2. The monoisotopic (exact) mass is 196 g/mol. The predicted octanol–water partition coefficient (Wildman–Crippen LogP) is 3.06. The Morgan fingerprint density at radius 2 is 1.79 bits per heavy atom. The Hall–Kier alpha value is -0.920. The van der Waals surface area contributed by atoms with Crippen molar-refractivity contribution < 1.29 is 9.59 Å². The fourth-order valence-corrected chi connectivity index (χ4v) is 1.11. The minimum Gasteiger partial charge on any atom is -0.291 e. The fourth-order valence-electron chi connectivity index (χ4n) is 1.11. The second-order valence-electron chi connectivity index (χ2n) is 3.44. The topological polar surface area (TPSA) is 34.1 Å². The van der Waals surface area contributed by atoms with E-state index in [1.807, 2.05) is 6.92 Å². The third-order valence-corrected chi connectivity index (χ3v) is 2.01. The molecule has 2 nitrogen and oxygen atoms in total. The van der Waals surface area contributed by atoms with Crippen molar-refractivity contribution in [2.45, 2.75) is 52.4 Å². The molecule has 80 valence electrons. The molecule has 0 N–H and O–H groups in total. The van der Waals surface area contributed by atoms with Crippen molar-refractivity contribution in [3.63, 3.8) is 0 Å². The average molecular weight is 196 g/mol. The summed E-state index contributed by atoms with van der Waals surface area (Å²) >= 11 is 0. The van der Waals surface area contributed by atoms with E-state index >= 15 is 0 Å². The van der Waals surface area contributed by atoms with Crippen LogP contribution in [0.1, 0.15) is 52.4 Å². The van der Waals surface area contributed by atoms with E-state index in [1.54, 1.807) is 6.08 Å². The van der Waals surface area contributed by atoms with Gasteiger partial charge in [-0.25, -0.2) is 0 Å². The van der Waals surface area contributed by atoms with E-state index in [4.69, 9.17) is 0 Å². The number of unbranched alkanes of at least 4 members (excludes halogenated alkanes) is 3. The first-order chi connectivity index (χ1) is 6.72. The molecule has 0 spiro atoms. The van der Waals surface area contributed by atoms with Gasteiger partial charge in [0.15, 0.2) is 0 Å². The van der Waals surface area contributed by atoms with Crippen LogP contribution in [0.5, 0.6) is 0 Å². The Kier molecular flexibility index (Phi) is 8.10. The normalized spacial score (nSPS) is 10.7. The molecule has 0 saturated heterocycles. The van der Waals surface area contributed by atoms with Crippen molar-refractivity contribution in [1.29, 1.82) is 0 Å². The first-order valence-corrected chi connectivity index (χ1v) is 5.46. The van der Waals surface area contributed by atoms with Crippen LogP contribution in [0.2, 0.25) is 0 Å². The second-order valence-corrected chi connectivity index (χ2v) is 3.44. The first-order valence-electron chi connectivity index (χ1n) is 5.46. The summed E-state index contributed by atoms with van der Waals surface area (Å²) in [5.41, 5.74) is 0. The van der Waals surface area contributed by atoms with E-state index in [-0.39, 0.29) is 11.6 Å². The van der Waals surface area contributed by atoms with Crippen molar-refractivity contribution in [2.24, 2.45) is 0 Å². The van der Waals surface area contributed by atoms with Gasteiger partial charge in [-0.3, -0.25) is 9.59 Å². The Balaban J connectivity index is 3.71. The molecule has 0 aromatic carbocycles. The standard InChI is InChI=1S/C12H20O2/c1-3-5-7-9-11(13)12(14)10-8-6-4-2/h7,9H,3-6,8,10H2,1-2H3. The molecular weight excluding hydrogens is 176 g/mol. The van der Waals surface area contributed by atoms with Crippen LogP contribution in [0.4, 0.5) is 0 Å². The highest BCUT2D eigenvalue weighted by Gasteiger charge is 2.08. The van der Waals surface area contributed by atoms with Gasteiger partial charge in [0.05, 0.1) is 0 Å². The van der Waals surface area contributed by atoms with Crippen molar-refractivity contribution in [2.75, 3.05) is 0 Å². The number of hydrogen-bond acceptors (Lipinski definition) is 2. The van der Waals surface area contributed by atoms with Crippen LogP contribution >= 0.6 is 0 Å². The van der Waals surface area contributed by atoms with Gasteiger partial charge in [0.2, 0.25) is 11.6 Å². The lowest BCUT2D eigenvalue weighted by atomic mass is 10.1. The maximum Gasteiger partial charge on any atom is 0.221 e. The van der Waals surface area contributed by atoms with E-state index in [0.717, 1.165) is 32.1 Å². The smallest absolute Gasteiger partial charge is 0.221 e. The summed E-state index contributed by atoms with van der Waals surface area (Å²) in [7, 11) is 0. The molecule has 2 heteroatoms. The summed E-state index contributed by atoms with van der Waals surface area (Å²) in [6, 6.07) is 0. The molecule has 0 rings (SSSR count). The highest BCUT2D eigenvalue weighted by atomic mass is 16.2. The minimum atomic E-state index is -0.338. The Labute approximate surface area is 86.4 Å². The molecule has 0 aliphatic heterocycles. The molecular formula is C12H20O2. The molecule has 0 saturated carbocycles. The second kappa shape index (κ2) is 8.67. The molecule has 0 aliphatic carbocycles. The van der Waals surface area contributed by atoms with Crippen molar-refractivity contribution in [1.82, 2.24) is 0 Å². The number of carbonyl (C=O) groups is 2. The highest BCUT2D eigenvalue weighted by molar-refractivity contribution is 6.41. The van der Waals surface area contributed by atoms with Crippen LogP contribution in [-0.2, 0) is 9.59 Å². The zero-order chi connectivity index (χ0) is 10.8. The summed E-state index contributed by atoms with van der Waals surface area (Å²) in [4.78, 5) is 22.4. The van der Waals surface area contributed by atoms with E-state index < -0.39 is 0 Å². The van der Waals surface area contributed by atoms with E-state index in [1.165, 1.54) is 6.08 Å². The van der Waals surface area contributed by atoms with E-state index in [2.05, 4.69) is 6.92 Å². The maximum absolute atomic E-state index is 11.2. The number of ketones is 2. The van der Waals surface area contributed by atoms with Crippen molar-refractivity contribution >= 4 is 11.6 Å². The summed E-state index contributed by atoms with van der Waals surface area (Å²) in [5.74, 6) is -0.583. The first kappa shape index (κ1) is 13.1. The summed E-state index contributed by atoms with van der Waals surface area (Å²) in [6.45, 7) is 4.12. The summed E-state index contributed by atoms with van der Waals surface area (Å²) in [5, 5.41) is 0. The third kappa shape index (κ3) is 6.58. The van der Waals surface area contributed by atoms with Gasteiger partial charge in [-0.05, 0) is 18.9 Å². The quantitative estimate of drug-likeness (QED) is 0.339. The fraction of sp³-hybridized carbons (Fsp3) is 0.667. The summed E-state index contributed by atoms with van der Waals surface area (Å²) in [6.07, 6.45) is 8.41. The number of Topliss-reactive ketones (excluding diaryl/α,β-unsaturated/α-hetero) is 1. The van der Waals surface area contributed by atoms with Gasteiger partial charge in [0.1, 0.15) is 0 Å². The van der Waals surface area contributed by atoms with Gasteiger partial charge in [0, 0.05) is 6.42 Å². The van der Waals surface area contributed by atoms with E-state index in [9.17, 15) is 9.59 Å². The highest BCUT2D eigenvalue weighted by Crippen LogP contribution is 2.01. The van der Waals surface area contributed by atoms with Crippen LogP contribution in [0.25, 0.3) is 0 Å². The molecule has 0 unspecified atom stereocenters. The molecule has 0 radical (unpaired) electrons. The molecule has 0 heterocycles. The Morgan fingerprint density at radius 1 is 1.07 bits per heavy atom. The lowest BCUT2D eigenvalue weighted by molar-refractivity contribution is -0.133. The SMILES string of the molecule is CCCC=CC(=O)C(=O)CCCCC. The van der Waals surface area contributed by atoms with Gasteiger partial charge in [0.25, 0.3) is 0 Å². The molecule has 14 heavy (non-hydrogen) atoms. The average Bonchev–Trinajstić information content (AvgIpc) is 2.18. The largest absolute Gasteiger partial charge is 0.291 e. The number of hydrogen-bond donors (Lipinski definition) is 0. The molecule has 0 aliphatic rings. The molecule has 0 fully saturated rings. The van der Waals surface area contributed by atoms with Crippen LogP contribution < -0.4 is 0 Å². The number of rotatable bonds is 8. The summed E-state index contributed by atoms with van der Waals surface area (Å²) < 4.78 is 0. The molecule has 0 aromatic rings. The zero-order valence-corrected chi connectivity index (χ0v) is 9.21. The third-order valence-electron chi connectivity index (χ3n) is 2.01. The number of allylic oxidation sites excluding steroid dienone is 2. The minimum absolute atomic E-state index is 0.245.